The number of aryl methyl sites for hydroxylation is 1. The van der Waals surface area contributed by atoms with E-state index in [-0.39, 0.29) is 29.6 Å². The molecule has 212 valence electrons. The molecule has 4 aliphatic rings. The highest BCUT2D eigenvalue weighted by Crippen LogP contribution is 2.59. The third-order valence-corrected chi connectivity index (χ3v) is 8.96. The van der Waals surface area contributed by atoms with E-state index in [0.29, 0.717) is 18.7 Å². The van der Waals surface area contributed by atoms with Gasteiger partial charge in [0.05, 0.1) is 24.5 Å². The molecule has 2 saturated heterocycles. The monoisotopic (exact) mass is 548 g/mol. The summed E-state index contributed by atoms with van der Waals surface area (Å²) in [4.78, 5) is 43.5. The molecule has 1 spiro atoms. The van der Waals surface area contributed by atoms with Gasteiger partial charge in [0.2, 0.25) is 17.7 Å². The zero-order valence-electron chi connectivity index (χ0n) is 23.1. The average Bonchev–Trinajstić information content (AvgIpc) is 3.65. The molecule has 1 saturated carbocycles. The van der Waals surface area contributed by atoms with Crippen LogP contribution in [-0.4, -0.2) is 64.7 Å². The van der Waals surface area contributed by atoms with Crippen molar-refractivity contribution in [3.05, 3.63) is 53.8 Å². The summed E-state index contributed by atoms with van der Waals surface area (Å²) >= 11 is 0. The van der Waals surface area contributed by atoms with E-state index in [9.17, 15) is 14.4 Å². The number of hydrogen-bond donors (Lipinski definition) is 2. The minimum atomic E-state index is -1.23. The Bertz CT molecular complexity index is 1330. The Morgan fingerprint density at radius 1 is 1.12 bits per heavy atom. The number of nitrogens with zero attached hydrogens (tertiary/aromatic N) is 2. The van der Waals surface area contributed by atoms with E-state index in [2.05, 4.69) is 15.8 Å². The number of hydrogen-bond acceptors (Lipinski definition) is 7. The molecule has 1 aromatic carbocycles. The lowest BCUT2D eigenvalue weighted by Crippen LogP contribution is -2.57. The first-order valence-corrected chi connectivity index (χ1v) is 14.1. The third-order valence-electron chi connectivity index (χ3n) is 8.96. The second-order valence-electron chi connectivity index (χ2n) is 11.6. The van der Waals surface area contributed by atoms with E-state index in [1.54, 1.807) is 31.9 Å². The van der Waals surface area contributed by atoms with E-state index >= 15 is 0 Å². The number of rotatable bonds is 8. The molecule has 3 amide bonds. The smallest absolute Gasteiger partial charge is 0.246 e. The number of benzene rings is 1. The number of amides is 3. The van der Waals surface area contributed by atoms with Crippen LogP contribution in [0.2, 0.25) is 0 Å². The van der Waals surface area contributed by atoms with Gasteiger partial charge in [-0.25, -0.2) is 0 Å². The Balaban J connectivity index is 1.31. The lowest BCUT2D eigenvalue weighted by Gasteiger charge is -2.34. The molecule has 0 unspecified atom stereocenters. The number of aromatic nitrogens is 1. The second kappa shape index (κ2) is 10.1. The largest absolute Gasteiger partial charge is 0.497 e. The molecule has 2 aromatic rings. The van der Waals surface area contributed by atoms with Gasteiger partial charge in [-0.05, 0) is 50.8 Å². The van der Waals surface area contributed by atoms with Gasteiger partial charge in [0.25, 0.3) is 0 Å². The van der Waals surface area contributed by atoms with Gasteiger partial charge in [-0.15, -0.1) is 0 Å². The number of likely N-dealkylation sites (tertiary alicyclic amines) is 1. The molecule has 10 heteroatoms. The normalized spacial score (nSPS) is 30.9. The maximum absolute atomic E-state index is 14.2. The predicted octanol–water partition coefficient (Wildman–Crippen LogP) is 3.16. The highest BCUT2D eigenvalue weighted by atomic mass is 16.5. The number of carbonyl (C=O) groups excluding carboxylic acids is 3. The van der Waals surface area contributed by atoms with Crippen molar-refractivity contribution >= 4 is 23.5 Å². The minimum absolute atomic E-state index is 0.0721. The molecule has 3 fully saturated rings. The molecule has 10 nitrogen and oxygen atoms in total. The molecular formula is C30H36N4O6. The van der Waals surface area contributed by atoms with Crippen LogP contribution < -0.4 is 15.4 Å². The fourth-order valence-corrected chi connectivity index (χ4v) is 7.07. The van der Waals surface area contributed by atoms with Gasteiger partial charge in [-0.2, -0.15) is 0 Å². The van der Waals surface area contributed by atoms with Crippen molar-refractivity contribution in [2.24, 2.45) is 11.8 Å². The van der Waals surface area contributed by atoms with Crippen LogP contribution in [0.1, 0.15) is 50.4 Å². The molecule has 1 aliphatic carbocycles. The molecule has 40 heavy (non-hydrogen) atoms. The lowest BCUT2D eigenvalue weighted by molar-refractivity contribution is -0.144. The Kier molecular flexibility index (Phi) is 6.68. The molecule has 0 radical (unpaired) electrons. The summed E-state index contributed by atoms with van der Waals surface area (Å²) in [6, 6.07) is 8.48. The number of fused-ring (bicyclic) bond motifs is 1. The van der Waals surface area contributed by atoms with Crippen LogP contribution in [0, 0.1) is 18.8 Å². The van der Waals surface area contributed by atoms with Gasteiger partial charge in [-0.3, -0.25) is 14.4 Å². The van der Waals surface area contributed by atoms with E-state index < -0.39 is 29.1 Å². The first-order valence-electron chi connectivity index (χ1n) is 14.1. The van der Waals surface area contributed by atoms with Gasteiger partial charge in [0, 0.05) is 18.7 Å². The maximum Gasteiger partial charge on any atom is 0.246 e. The van der Waals surface area contributed by atoms with Gasteiger partial charge < -0.3 is 29.5 Å². The van der Waals surface area contributed by atoms with E-state index in [4.69, 9.17) is 14.0 Å². The van der Waals surface area contributed by atoms with Gasteiger partial charge in [-0.1, -0.05) is 48.7 Å². The van der Waals surface area contributed by atoms with Crippen molar-refractivity contribution in [1.82, 2.24) is 15.4 Å². The first kappa shape index (κ1) is 26.6. The van der Waals surface area contributed by atoms with E-state index in [1.807, 2.05) is 36.4 Å². The topological polar surface area (TPSA) is 123 Å². The minimum Gasteiger partial charge on any atom is -0.497 e. The van der Waals surface area contributed by atoms with E-state index in [0.717, 1.165) is 37.0 Å². The van der Waals surface area contributed by atoms with Crippen molar-refractivity contribution in [3.8, 4) is 5.75 Å². The number of carbonyl (C=O) groups is 3. The van der Waals surface area contributed by atoms with Crippen molar-refractivity contribution < 1.29 is 28.4 Å². The quantitative estimate of drug-likeness (QED) is 0.486. The van der Waals surface area contributed by atoms with Crippen LogP contribution in [0.5, 0.6) is 5.75 Å². The summed E-state index contributed by atoms with van der Waals surface area (Å²) in [6.45, 7) is 3.86. The van der Waals surface area contributed by atoms with Gasteiger partial charge in [0.1, 0.15) is 23.2 Å². The van der Waals surface area contributed by atoms with E-state index in [1.165, 1.54) is 6.42 Å². The summed E-state index contributed by atoms with van der Waals surface area (Å²) < 4.78 is 17.0. The summed E-state index contributed by atoms with van der Waals surface area (Å²) in [7, 11) is 1.62. The average molecular weight is 549 g/mol. The zero-order chi connectivity index (χ0) is 28.1. The molecule has 1 aromatic heterocycles. The lowest BCUT2D eigenvalue weighted by atomic mass is 9.70. The molecule has 2 N–H and O–H groups in total. The summed E-state index contributed by atoms with van der Waals surface area (Å²) in [6.07, 6.45) is 9.38. The van der Waals surface area contributed by atoms with Crippen molar-refractivity contribution in [2.45, 2.75) is 75.7 Å². The summed E-state index contributed by atoms with van der Waals surface area (Å²) in [5.74, 6) is -0.945. The number of ether oxygens (including phenoxy) is 2. The van der Waals surface area contributed by atoms with Gasteiger partial charge in [0.15, 0.2) is 5.82 Å². The fourth-order valence-electron chi connectivity index (χ4n) is 7.07. The van der Waals surface area contributed by atoms with Crippen LogP contribution >= 0.6 is 0 Å². The fraction of sp³-hybridized carbons (Fsp3) is 0.533. The number of nitrogens with one attached hydrogen (secondary N) is 2. The highest BCUT2D eigenvalue weighted by molar-refractivity contribution is 6.03. The van der Waals surface area contributed by atoms with Crippen molar-refractivity contribution in [2.75, 3.05) is 19.0 Å². The molecule has 5 atom stereocenters. The Morgan fingerprint density at radius 2 is 1.88 bits per heavy atom. The van der Waals surface area contributed by atoms with Crippen LogP contribution in [0.25, 0.3) is 0 Å². The first-order chi connectivity index (χ1) is 19.2. The third kappa shape index (κ3) is 4.38. The molecule has 3 aliphatic heterocycles. The Labute approximate surface area is 233 Å². The van der Waals surface area contributed by atoms with Crippen LogP contribution in [0.4, 0.5) is 5.82 Å². The van der Waals surface area contributed by atoms with Crippen molar-refractivity contribution in [1.29, 1.82) is 0 Å². The van der Waals surface area contributed by atoms with Crippen LogP contribution in [-0.2, 0) is 25.5 Å². The molecular weight excluding hydrogens is 512 g/mol. The van der Waals surface area contributed by atoms with Crippen LogP contribution in [0.15, 0.2) is 47.0 Å². The second-order valence-corrected chi connectivity index (χ2v) is 11.6. The van der Waals surface area contributed by atoms with Gasteiger partial charge >= 0.3 is 0 Å². The zero-order valence-corrected chi connectivity index (χ0v) is 23.1. The standard InChI is InChI=1S/C30H36N4O6/c1-18-17-22(33-39-18)32-26(35)23-24-28(37)34(16-13-19-9-11-21(38-3)12-10-19)25(30(24)15-14-29(23,2)40-30)27(36)31-20-7-5-4-6-8-20/h9-12,14-15,17,20,23-25H,4-8,13,16H2,1-3H3,(H,31,36)(H,32,33,35)/t23-,24-,25-,29+,30-/m0/s1. The highest BCUT2D eigenvalue weighted by Gasteiger charge is 2.76. The summed E-state index contributed by atoms with van der Waals surface area (Å²) in [5.41, 5.74) is -1.25. The SMILES string of the molecule is COc1ccc(CCN2C(=O)[C@@H]3[C@@H](C(=O)Nc4cc(C)on4)[C@@]4(C)C=C[C@@]3(O4)[C@@H]2C(=O)NC2CCCCC2)cc1. The summed E-state index contributed by atoms with van der Waals surface area (Å²) in [5, 5.41) is 9.90. The van der Waals surface area contributed by atoms with Crippen LogP contribution in [0.3, 0.4) is 0 Å². The molecule has 6 rings (SSSR count). The predicted molar refractivity (Wildman–Crippen MR) is 145 cm³/mol. The number of methoxy groups -OCH3 is 1. The number of anilines is 1. The molecule has 4 heterocycles. The Hall–Kier alpha value is -3.66. The van der Waals surface area contributed by atoms with Crippen molar-refractivity contribution in [3.63, 3.8) is 0 Å². The maximum atomic E-state index is 14.2. The Morgan fingerprint density at radius 3 is 2.55 bits per heavy atom. The molecule has 2 bridgehead atoms.